The van der Waals surface area contributed by atoms with E-state index in [1.807, 2.05) is 0 Å². The molecule has 1 N–H and O–H groups in total. The summed E-state index contributed by atoms with van der Waals surface area (Å²) in [6, 6.07) is 2.28. The monoisotopic (exact) mass is 215 g/mol. The predicted octanol–water partition coefficient (Wildman–Crippen LogP) is 1.03. The van der Waals surface area contributed by atoms with Gasteiger partial charge in [-0.15, -0.1) is 12.4 Å². The summed E-state index contributed by atoms with van der Waals surface area (Å²) in [5, 5.41) is 3.28. The second-order valence-electron chi connectivity index (χ2n) is 3.10. The molecule has 0 saturated carbocycles. The minimum absolute atomic E-state index is 0. The topological polar surface area (TPSA) is 47.0 Å². The van der Waals surface area contributed by atoms with E-state index >= 15 is 0 Å². The van der Waals surface area contributed by atoms with Gasteiger partial charge in [0.2, 0.25) is 0 Å². The van der Waals surface area contributed by atoms with Crippen LogP contribution in [0.3, 0.4) is 0 Å². The Bertz CT molecular complexity index is 251. The number of aromatic nitrogens is 2. The van der Waals surface area contributed by atoms with Crippen LogP contribution in [-0.2, 0) is 0 Å². The van der Waals surface area contributed by atoms with Crippen molar-refractivity contribution in [3.8, 4) is 6.01 Å². The summed E-state index contributed by atoms with van der Waals surface area (Å²) in [6.45, 7) is 2.05. The Labute approximate surface area is 89.5 Å². The molecule has 0 spiro atoms. The van der Waals surface area contributed by atoms with Crippen molar-refractivity contribution in [2.24, 2.45) is 0 Å². The minimum atomic E-state index is 0. The van der Waals surface area contributed by atoms with Crippen molar-refractivity contribution in [1.82, 2.24) is 15.3 Å². The second kappa shape index (κ2) is 5.78. The average molecular weight is 216 g/mol. The van der Waals surface area contributed by atoms with Gasteiger partial charge in [0.05, 0.1) is 0 Å². The van der Waals surface area contributed by atoms with Crippen molar-refractivity contribution in [2.45, 2.75) is 18.9 Å². The zero-order chi connectivity index (χ0) is 8.93. The minimum Gasteiger partial charge on any atom is -0.460 e. The van der Waals surface area contributed by atoms with Crippen LogP contribution in [0.2, 0.25) is 0 Å². The van der Waals surface area contributed by atoms with Crippen molar-refractivity contribution in [3.63, 3.8) is 0 Å². The lowest BCUT2D eigenvalue weighted by molar-refractivity contribution is 0.149. The molecule has 0 atom stereocenters. The van der Waals surface area contributed by atoms with Crippen LogP contribution in [0, 0.1) is 0 Å². The van der Waals surface area contributed by atoms with Gasteiger partial charge >= 0.3 is 6.01 Å². The number of nitrogens with zero attached hydrogens (tertiary/aromatic N) is 2. The molecule has 1 aliphatic rings. The molecular weight excluding hydrogens is 202 g/mol. The maximum Gasteiger partial charge on any atom is 0.316 e. The Morgan fingerprint density at radius 3 is 2.50 bits per heavy atom. The zero-order valence-electron chi connectivity index (χ0n) is 7.85. The van der Waals surface area contributed by atoms with Gasteiger partial charge in [0, 0.05) is 12.4 Å². The summed E-state index contributed by atoms with van der Waals surface area (Å²) in [4.78, 5) is 8.04. The van der Waals surface area contributed by atoms with Gasteiger partial charge in [0.1, 0.15) is 6.10 Å². The SMILES string of the molecule is Cl.c1cnc(OC2CCNCC2)nc1. The van der Waals surface area contributed by atoms with E-state index in [9.17, 15) is 0 Å². The van der Waals surface area contributed by atoms with Crippen LogP contribution in [-0.4, -0.2) is 29.2 Å². The van der Waals surface area contributed by atoms with E-state index in [4.69, 9.17) is 4.74 Å². The van der Waals surface area contributed by atoms with Crippen molar-refractivity contribution < 1.29 is 4.74 Å². The van der Waals surface area contributed by atoms with E-state index < -0.39 is 0 Å². The number of hydrogen-bond donors (Lipinski definition) is 1. The number of ether oxygens (including phenoxy) is 1. The number of rotatable bonds is 2. The van der Waals surface area contributed by atoms with Crippen LogP contribution in [0.15, 0.2) is 18.5 Å². The first-order chi connectivity index (χ1) is 6.45. The molecule has 1 aromatic heterocycles. The molecule has 2 rings (SSSR count). The quantitative estimate of drug-likeness (QED) is 0.801. The number of nitrogens with one attached hydrogen (secondary N) is 1. The fourth-order valence-electron chi connectivity index (χ4n) is 1.41. The fraction of sp³-hybridized carbons (Fsp3) is 0.556. The third-order valence-electron chi connectivity index (χ3n) is 2.10. The summed E-state index contributed by atoms with van der Waals surface area (Å²) < 4.78 is 5.59. The highest BCUT2D eigenvalue weighted by atomic mass is 35.5. The molecule has 0 amide bonds. The van der Waals surface area contributed by atoms with E-state index in [2.05, 4.69) is 15.3 Å². The van der Waals surface area contributed by atoms with Crippen LogP contribution in [0.4, 0.5) is 0 Å². The molecule has 5 heteroatoms. The van der Waals surface area contributed by atoms with Gasteiger partial charge in [-0.25, -0.2) is 9.97 Å². The van der Waals surface area contributed by atoms with E-state index in [1.165, 1.54) is 0 Å². The normalized spacial score (nSPS) is 17.1. The van der Waals surface area contributed by atoms with E-state index in [0.29, 0.717) is 6.01 Å². The Morgan fingerprint density at radius 1 is 1.21 bits per heavy atom. The highest BCUT2D eigenvalue weighted by Crippen LogP contribution is 2.10. The van der Waals surface area contributed by atoms with E-state index in [0.717, 1.165) is 25.9 Å². The molecule has 14 heavy (non-hydrogen) atoms. The van der Waals surface area contributed by atoms with Crippen LogP contribution < -0.4 is 10.1 Å². The number of halogens is 1. The molecule has 78 valence electrons. The van der Waals surface area contributed by atoms with Crippen LogP contribution in [0.25, 0.3) is 0 Å². The molecule has 0 aliphatic carbocycles. The second-order valence-corrected chi connectivity index (χ2v) is 3.10. The molecule has 1 aliphatic heterocycles. The lowest BCUT2D eigenvalue weighted by atomic mass is 10.1. The lowest BCUT2D eigenvalue weighted by Gasteiger charge is -2.22. The fourth-order valence-corrected chi connectivity index (χ4v) is 1.41. The smallest absolute Gasteiger partial charge is 0.316 e. The Hall–Kier alpha value is -0.870. The van der Waals surface area contributed by atoms with Crippen LogP contribution in [0.5, 0.6) is 6.01 Å². The highest BCUT2D eigenvalue weighted by molar-refractivity contribution is 5.85. The molecule has 0 aromatic carbocycles. The van der Waals surface area contributed by atoms with E-state index in [1.54, 1.807) is 18.5 Å². The van der Waals surface area contributed by atoms with Gasteiger partial charge in [-0.05, 0) is 32.0 Å². The van der Waals surface area contributed by atoms with Crippen molar-refractivity contribution in [1.29, 1.82) is 0 Å². The molecule has 0 unspecified atom stereocenters. The summed E-state index contributed by atoms with van der Waals surface area (Å²) in [6.07, 6.45) is 5.76. The van der Waals surface area contributed by atoms with Gasteiger partial charge in [-0.3, -0.25) is 0 Å². The summed E-state index contributed by atoms with van der Waals surface area (Å²) >= 11 is 0. The largest absolute Gasteiger partial charge is 0.460 e. The van der Waals surface area contributed by atoms with Gasteiger partial charge in [-0.1, -0.05) is 0 Å². The van der Waals surface area contributed by atoms with Gasteiger partial charge in [-0.2, -0.15) is 0 Å². The van der Waals surface area contributed by atoms with Crippen LogP contribution >= 0.6 is 12.4 Å². The molecular formula is C9H14ClN3O. The molecule has 2 heterocycles. The maximum atomic E-state index is 5.59. The standard InChI is InChI=1S/C9H13N3O.ClH/c1-4-11-9(12-5-1)13-8-2-6-10-7-3-8;/h1,4-5,8,10H,2-3,6-7H2;1H. The molecule has 4 nitrogen and oxygen atoms in total. The van der Waals surface area contributed by atoms with Crippen molar-refractivity contribution in [3.05, 3.63) is 18.5 Å². The van der Waals surface area contributed by atoms with Gasteiger partial charge < -0.3 is 10.1 Å². The number of piperidine rings is 1. The highest BCUT2D eigenvalue weighted by Gasteiger charge is 2.14. The number of hydrogen-bond acceptors (Lipinski definition) is 4. The average Bonchev–Trinajstić information content (AvgIpc) is 2.21. The molecule has 0 radical (unpaired) electrons. The third kappa shape index (κ3) is 3.12. The maximum absolute atomic E-state index is 5.59. The molecule has 1 aromatic rings. The summed E-state index contributed by atoms with van der Waals surface area (Å²) in [5.41, 5.74) is 0. The molecule has 0 bridgehead atoms. The molecule has 1 fully saturated rings. The van der Waals surface area contributed by atoms with Crippen molar-refractivity contribution in [2.75, 3.05) is 13.1 Å². The molecule has 1 saturated heterocycles. The first kappa shape index (κ1) is 11.2. The van der Waals surface area contributed by atoms with E-state index in [-0.39, 0.29) is 18.5 Å². The summed E-state index contributed by atoms with van der Waals surface area (Å²) in [5.74, 6) is 0. The van der Waals surface area contributed by atoms with Crippen molar-refractivity contribution >= 4 is 12.4 Å². The summed E-state index contributed by atoms with van der Waals surface area (Å²) in [7, 11) is 0. The van der Waals surface area contributed by atoms with Gasteiger partial charge in [0.25, 0.3) is 0 Å². The predicted molar refractivity (Wildman–Crippen MR) is 55.8 cm³/mol. The first-order valence-corrected chi connectivity index (χ1v) is 4.59. The Kier molecular flexibility index (Phi) is 4.62. The zero-order valence-corrected chi connectivity index (χ0v) is 8.67. The Morgan fingerprint density at radius 2 is 1.86 bits per heavy atom. The van der Waals surface area contributed by atoms with Gasteiger partial charge in [0.15, 0.2) is 0 Å². The first-order valence-electron chi connectivity index (χ1n) is 4.59. The lowest BCUT2D eigenvalue weighted by Crippen LogP contribution is -2.34. The third-order valence-corrected chi connectivity index (χ3v) is 2.10. The Balaban J connectivity index is 0.000000980. The van der Waals surface area contributed by atoms with Crippen LogP contribution in [0.1, 0.15) is 12.8 Å².